The number of aliphatic hydroxyl groups excluding tert-OH is 1. The number of ether oxygens (including phenoxy) is 3. The van der Waals surface area contributed by atoms with Crippen molar-refractivity contribution in [1.82, 2.24) is 0 Å². The maximum absolute atomic E-state index is 13.4. The molecule has 0 aromatic heterocycles. The van der Waals surface area contributed by atoms with Gasteiger partial charge in [0.05, 0.1) is 38.9 Å². The lowest BCUT2D eigenvalue weighted by Gasteiger charge is -2.26. The molecule has 8 heteroatoms. The molecule has 1 N–H and O–H groups in total. The smallest absolute Gasteiger partial charge is 0.309 e. The maximum Gasteiger partial charge on any atom is 0.309 e. The number of hydrogen-bond acceptors (Lipinski definition) is 7. The van der Waals surface area contributed by atoms with Gasteiger partial charge >= 0.3 is 5.97 Å². The highest BCUT2D eigenvalue weighted by Crippen LogP contribution is 2.43. The van der Waals surface area contributed by atoms with Gasteiger partial charge in [-0.2, -0.15) is 0 Å². The van der Waals surface area contributed by atoms with Crippen molar-refractivity contribution in [2.75, 3.05) is 25.7 Å². The number of hydrogen-bond donors (Lipinski definition) is 1. The monoisotopic (exact) mass is 513 g/mol. The van der Waals surface area contributed by atoms with E-state index in [4.69, 9.17) is 14.2 Å². The number of rotatable bonds is 6. The zero-order valence-electron chi connectivity index (χ0n) is 21.1. The van der Waals surface area contributed by atoms with Gasteiger partial charge in [-0.3, -0.25) is 19.3 Å². The van der Waals surface area contributed by atoms with Crippen LogP contribution in [0.3, 0.4) is 0 Å². The average Bonchev–Trinajstić information content (AvgIpc) is 3.22. The van der Waals surface area contributed by atoms with Gasteiger partial charge in [0.25, 0.3) is 11.7 Å². The SMILES string of the molecule is COC(=O)Cc1ccc(N2C(=O)C(=O)/C(=C(\O)c3ccc4c(c3)CCCO4)C2c2ccc(OC)cc2)cc1. The predicted octanol–water partition coefficient (Wildman–Crippen LogP) is 4.36. The Hall–Kier alpha value is -4.59. The largest absolute Gasteiger partial charge is 0.507 e. The second-order valence-electron chi connectivity index (χ2n) is 9.14. The second-order valence-corrected chi connectivity index (χ2v) is 9.14. The highest BCUT2D eigenvalue weighted by atomic mass is 16.5. The molecule has 8 nitrogen and oxygen atoms in total. The summed E-state index contributed by atoms with van der Waals surface area (Å²) in [5.74, 6) is -0.793. The van der Waals surface area contributed by atoms with Crippen molar-refractivity contribution in [3.05, 3.63) is 94.6 Å². The van der Waals surface area contributed by atoms with Gasteiger partial charge in [0.1, 0.15) is 17.3 Å². The molecule has 38 heavy (non-hydrogen) atoms. The first kappa shape index (κ1) is 25.1. The molecule has 2 aliphatic heterocycles. The van der Waals surface area contributed by atoms with Gasteiger partial charge in [-0.1, -0.05) is 24.3 Å². The van der Waals surface area contributed by atoms with Crippen LogP contribution in [0.15, 0.2) is 72.3 Å². The van der Waals surface area contributed by atoms with Crippen LogP contribution in [0.4, 0.5) is 5.69 Å². The first-order chi connectivity index (χ1) is 18.4. The van der Waals surface area contributed by atoms with Crippen molar-refractivity contribution in [1.29, 1.82) is 0 Å². The summed E-state index contributed by atoms with van der Waals surface area (Å²) in [6.07, 6.45) is 1.74. The number of nitrogens with zero attached hydrogens (tertiary/aromatic N) is 1. The molecular weight excluding hydrogens is 486 g/mol. The lowest BCUT2D eigenvalue weighted by atomic mass is 9.93. The third kappa shape index (κ3) is 4.61. The summed E-state index contributed by atoms with van der Waals surface area (Å²) < 4.78 is 15.7. The molecule has 2 aliphatic rings. The number of methoxy groups -OCH3 is 2. The molecule has 0 radical (unpaired) electrons. The fraction of sp³-hybridized carbons (Fsp3) is 0.233. The van der Waals surface area contributed by atoms with E-state index in [1.165, 1.54) is 12.0 Å². The second kappa shape index (κ2) is 10.4. The van der Waals surface area contributed by atoms with Crippen LogP contribution in [0.25, 0.3) is 5.76 Å². The Balaban J connectivity index is 1.61. The Morgan fingerprint density at radius 1 is 1.03 bits per heavy atom. The van der Waals surface area contributed by atoms with Gasteiger partial charge < -0.3 is 19.3 Å². The number of esters is 1. The number of aliphatic hydroxyl groups is 1. The van der Waals surface area contributed by atoms with Crippen LogP contribution in [0.1, 0.15) is 34.7 Å². The Morgan fingerprint density at radius 3 is 2.45 bits per heavy atom. The Bertz CT molecular complexity index is 1420. The minimum absolute atomic E-state index is 0.00418. The zero-order valence-corrected chi connectivity index (χ0v) is 21.1. The molecule has 5 rings (SSSR count). The van der Waals surface area contributed by atoms with Gasteiger partial charge in [0.15, 0.2) is 0 Å². The molecule has 3 aromatic carbocycles. The number of aryl methyl sites for hydroxylation is 1. The highest BCUT2D eigenvalue weighted by Gasteiger charge is 2.47. The van der Waals surface area contributed by atoms with E-state index >= 15 is 0 Å². The Labute approximate surface area is 220 Å². The molecule has 1 fully saturated rings. The molecule has 0 saturated carbocycles. The van der Waals surface area contributed by atoms with E-state index in [1.54, 1.807) is 67.8 Å². The molecule has 194 valence electrons. The van der Waals surface area contributed by atoms with E-state index in [-0.39, 0.29) is 23.7 Å². The third-order valence-electron chi connectivity index (χ3n) is 6.85. The van der Waals surface area contributed by atoms with E-state index < -0.39 is 17.7 Å². The number of ketones is 1. The minimum Gasteiger partial charge on any atom is -0.507 e. The molecule has 0 aliphatic carbocycles. The minimum atomic E-state index is -0.875. The number of benzene rings is 3. The Kier molecular flexibility index (Phi) is 6.87. The van der Waals surface area contributed by atoms with E-state index in [1.807, 2.05) is 6.07 Å². The van der Waals surface area contributed by atoms with E-state index in [2.05, 4.69) is 0 Å². The number of amides is 1. The summed E-state index contributed by atoms with van der Waals surface area (Å²) in [5, 5.41) is 11.4. The quantitative estimate of drug-likeness (QED) is 0.226. The van der Waals surface area contributed by atoms with Crippen molar-refractivity contribution in [2.45, 2.75) is 25.3 Å². The maximum atomic E-state index is 13.4. The summed E-state index contributed by atoms with van der Waals surface area (Å²) in [6.45, 7) is 0.638. The summed E-state index contributed by atoms with van der Waals surface area (Å²) in [4.78, 5) is 39.9. The fourth-order valence-corrected chi connectivity index (χ4v) is 4.88. The third-order valence-corrected chi connectivity index (χ3v) is 6.85. The first-order valence-electron chi connectivity index (χ1n) is 12.3. The van der Waals surface area contributed by atoms with Crippen LogP contribution < -0.4 is 14.4 Å². The van der Waals surface area contributed by atoms with Crippen molar-refractivity contribution in [2.24, 2.45) is 0 Å². The molecule has 0 bridgehead atoms. The lowest BCUT2D eigenvalue weighted by molar-refractivity contribution is -0.139. The lowest BCUT2D eigenvalue weighted by Crippen LogP contribution is -2.29. The number of carbonyl (C=O) groups is 3. The van der Waals surface area contributed by atoms with Crippen molar-refractivity contribution < 1.29 is 33.7 Å². The van der Waals surface area contributed by atoms with Crippen LogP contribution in [-0.4, -0.2) is 43.6 Å². The van der Waals surface area contributed by atoms with Crippen molar-refractivity contribution >= 4 is 29.1 Å². The molecule has 1 amide bonds. The fourth-order valence-electron chi connectivity index (χ4n) is 4.88. The number of Topliss-reactive ketones (excluding diaryl/α,β-unsaturated/α-hetero) is 1. The van der Waals surface area contributed by atoms with Gasteiger partial charge in [0.2, 0.25) is 0 Å². The van der Waals surface area contributed by atoms with Gasteiger partial charge in [-0.15, -0.1) is 0 Å². The summed E-state index contributed by atoms with van der Waals surface area (Å²) in [5.41, 5.74) is 3.17. The van der Waals surface area contributed by atoms with Gasteiger partial charge in [-0.25, -0.2) is 0 Å². The molecule has 1 atom stereocenters. The van der Waals surface area contributed by atoms with E-state index in [0.717, 1.165) is 24.2 Å². The van der Waals surface area contributed by atoms with Crippen LogP contribution >= 0.6 is 0 Å². The van der Waals surface area contributed by atoms with Crippen molar-refractivity contribution in [3.63, 3.8) is 0 Å². The molecule has 1 unspecified atom stereocenters. The van der Waals surface area contributed by atoms with Crippen LogP contribution in [-0.2, 0) is 32.0 Å². The standard InChI is InChI=1S/C30H27NO7/c1-36-23-12-7-19(8-13-23)27-26(28(33)21-9-14-24-20(17-21)4-3-15-38-24)29(34)30(35)31(27)22-10-5-18(6-11-22)16-25(32)37-2/h5-14,17,27,33H,3-4,15-16H2,1-2H3/b28-26-. The molecule has 0 spiro atoms. The summed E-state index contributed by atoms with van der Waals surface area (Å²) >= 11 is 0. The number of anilines is 1. The molecular formula is C30H27NO7. The van der Waals surface area contributed by atoms with Crippen molar-refractivity contribution in [3.8, 4) is 11.5 Å². The summed E-state index contributed by atoms with van der Waals surface area (Å²) in [6, 6.07) is 18.2. The van der Waals surface area contributed by atoms with Crippen LogP contribution in [0.5, 0.6) is 11.5 Å². The van der Waals surface area contributed by atoms with Gasteiger partial charge in [0, 0.05) is 11.3 Å². The van der Waals surface area contributed by atoms with Crippen LogP contribution in [0, 0.1) is 0 Å². The molecule has 1 saturated heterocycles. The van der Waals surface area contributed by atoms with Gasteiger partial charge in [-0.05, 0) is 72.0 Å². The predicted molar refractivity (Wildman–Crippen MR) is 140 cm³/mol. The highest BCUT2D eigenvalue weighted by molar-refractivity contribution is 6.51. The first-order valence-corrected chi connectivity index (χ1v) is 12.3. The van der Waals surface area contributed by atoms with E-state index in [0.29, 0.717) is 34.7 Å². The van der Waals surface area contributed by atoms with Crippen LogP contribution in [0.2, 0.25) is 0 Å². The average molecular weight is 514 g/mol. The normalized spacial score (nSPS) is 18.1. The zero-order chi connectivity index (χ0) is 26.8. The topological polar surface area (TPSA) is 102 Å². The number of carbonyl (C=O) groups excluding carboxylic acids is 3. The van der Waals surface area contributed by atoms with E-state index in [9.17, 15) is 19.5 Å². The Morgan fingerprint density at radius 2 is 1.76 bits per heavy atom. The number of fused-ring (bicyclic) bond motifs is 1. The molecule has 3 aromatic rings. The summed E-state index contributed by atoms with van der Waals surface area (Å²) in [7, 11) is 2.87. The molecule has 2 heterocycles.